The molecule has 6 nitrogen and oxygen atoms in total. The van der Waals surface area contributed by atoms with Crippen molar-refractivity contribution in [1.29, 1.82) is 0 Å². The molecule has 0 saturated carbocycles. The Bertz CT molecular complexity index is 1220. The van der Waals surface area contributed by atoms with Crippen LogP contribution in [0.2, 0.25) is 0 Å². The van der Waals surface area contributed by atoms with Gasteiger partial charge in [0.05, 0.1) is 12.1 Å². The van der Waals surface area contributed by atoms with E-state index in [1.54, 1.807) is 0 Å². The number of carbonyl (C=O) groups is 2. The number of carbonyl (C=O) groups excluding carboxylic acids is 2. The van der Waals surface area contributed by atoms with Gasteiger partial charge in [-0.05, 0) is 30.2 Å². The van der Waals surface area contributed by atoms with Crippen molar-refractivity contribution < 1.29 is 9.59 Å². The van der Waals surface area contributed by atoms with Gasteiger partial charge in [0.1, 0.15) is 5.69 Å². The molecule has 5 rings (SSSR count). The van der Waals surface area contributed by atoms with Crippen LogP contribution in [0.25, 0.3) is 10.9 Å². The van der Waals surface area contributed by atoms with Crippen LogP contribution in [-0.4, -0.2) is 58.8 Å². The van der Waals surface area contributed by atoms with E-state index in [1.165, 1.54) is 0 Å². The Morgan fingerprint density at radius 2 is 1.37 bits per heavy atom. The summed E-state index contributed by atoms with van der Waals surface area (Å²) in [5.74, 6) is -0.00993. The molecule has 1 unspecified atom stereocenters. The van der Waals surface area contributed by atoms with Crippen molar-refractivity contribution in [2.75, 3.05) is 26.2 Å². The summed E-state index contributed by atoms with van der Waals surface area (Å²) in [7, 11) is 0. The Labute approximate surface area is 205 Å². The summed E-state index contributed by atoms with van der Waals surface area (Å²) >= 11 is 0. The topological polar surface area (TPSA) is 68.4 Å². The van der Waals surface area contributed by atoms with E-state index in [-0.39, 0.29) is 23.9 Å². The lowest BCUT2D eigenvalue weighted by molar-refractivity contribution is -0.126. The van der Waals surface area contributed by atoms with E-state index >= 15 is 0 Å². The number of aromatic amines is 1. The van der Waals surface area contributed by atoms with E-state index < -0.39 is 0 Å². The molecule has 0 aliphatic carbocycles. The molecule has 1 fully saturated rings. The fourth-order valence-electron chi connectivity index (χ4n) is 4.75. The molecule has 2 amide bonds. The highest BCUT2D eigenvalue weighted by molar-refractivity contribution is 5.98. The second kappa shape index (κ2) is 10.2. The molecule has 1 saturated heterocycles. The van der Waals surface area contributed by atoms with Crippen LogP contribution in [0.5, 0.6) is 0 Å². The zero-order valence-corrected chi connectivity index (χ0v) is 19.9. The van der Waals surface area contributed by atoms with Crippen LogP contribution >= 0.6 is 0 Å². The first-order chi connectivity index (χ1) is 17.1. The Morgan fingerprint density at radius 3 is 1.97 bits per heavy atom. The number of hydrogen-bond donors (Lipinski definition) is 2. The molecule has 3 aromatic carbocycles. The molecule has 2 N–H and O–H groups in total. The van der Waals surface area contributed by atoms with Crippen LogP contribution in [0.3, 0.4) is 0 Å². The molecule has 1 aliphatic heterocycles. The average Bonchev–Trinajstić information content (AvgIpc) is 3.36. The maximum atomic E-state index is 13.3. The largest absolute Gasteiger partial charge is 0.351 e. The number of benzene rings is 3. The highest BCUT2D eigenvalue weighted by Gasteiger charge is 2.29. The number of piperazine rings is 1. The molecular weight excluding hydrogens is 436 g/mol. The summed E-state index contributed by atoms with van der Waals surface area (Å²) in [6.45, 7) is 4.43. The average molecular weight is 467 g/mol. The van der Waals surface area contributed by atoms with Crippen molar-refractivity contribution in [1.82, 2.24) is 20.1 Å². The molecule has 0 bridgehead atoms. The van der Waals surface area contributed by atoms with Gasteiger partial charge in [-0.15, -0.1) is 0 Å². The summed E-state index contributed by atoms with van der Waals surface area (Å²) in [5.41, 5.74) is 3.67. The fourth-order valence-corrected chi connectivity index (χ4v) is 4.75. The van der Waals surface area contributed by atoms with Crippen LogP contribution in [0.15, 0.2) is 91.0 Å². The van der Waals surface area contributed by atoms with Crippen molar-refractivity contribution in [2.24, 2.45) is 0 Å². The van der Waals surface area contributed by atoms with Crippen molar-refractivity contribution in [3.8, 4) is 0 Å². The number of para-hydroxylation sites is 1. The van der Waals surface area contributed by atoms with E-state index in [0.717, 1.165) is 22.0 Å². The van der Waals surface area contributed by atoms with Crippen molar-refractivity contribution in [2.45, 2.75) is 19.0 Å². The Hall–Kier alpha value is -3.90. The first-order valence-electron chi connectivity index (χ1n) is 12.1. The van der Waals surface area contributed by atoms with Gasteiger partial charge >= 0.3 is 0 Å². The van der Waals surface area contributed by atoms with Gasteiger partial charge in [0.2, 0.25) is 5.91 Å². The molecule has 6 heteroatoms. The van der Waals surface area contributed by atoms with E-state index in [4.69, 9.17) is 0 Å². The minimum atomic E-state index is -0.296. The van der Waals surface area contributed by atoms with Crippen LogP contribution in [0.1, 0.15) is 34.6 Å². The molecule has 35 heavy (non-hydrogen) atoms. The highest BCUT2D eigenvalue weighted by Crippen LogP contribution is 2.23. The maximum absolute atomic E-state index is 13.3. The van der Waals surface area contributed by atoms with Gasteiger partial charge in [0.15, 0.2) is 0 Å². The molecule has 1 aliphatic rings. The van der Waals surface area contributed by atoms with Gasteiger partial charge < -0.3 is 15.2 Å². The minimum Gasteiger partial charge on any atom is -0.351 e. The van der Waals surface area contributed by atoms with E-state index in [9.17, 15) is 9.59 Å². The first kappa shape index (κ1) is 22.9. The molecule has 0 radical (unpaired) electrons. The zero-order chi connectivity index (χ0) is 24.2. The number of hydrogen-bond acceptors (Lipinski definition) is 3. The van der Waals surface area contributed by atoms with Crippen molar-refractivity contribution in [3.63, 3.8) is 0 Å². The van der Waals surface area contributed by atoms with E-state index in [0.29, 0.717) is 31.9 Å². The molecule has 178 valence electrons. The number of rotatable bonds is 6. The van der Waals surface area contributed by atoms with Gasteiger partial charge in [0.25, 0.3) is 5.91 Å². The molecule has 0 spiro atoms. The van der Waals surface area contributed by atoms with Gasteiger partial charge in [-0.2, -0.15) is 0 Å². The van der Waals surface area contributed by atoms with Crippen LogP contribution in [0.4, 0.5) is 0 Å². The van der Waals surface area contributed by atoms with Crippen LogP contribution in [-0.2, 0) is 4.79 Å². The number of nitrogens with zero attached hydrogens (tertiary/aromatic N) is 2. The standard InChI is InChI=1S/C29H30N4O2/c1-21(28(34)31-27(22-10-4-2-5-11-22)23-12-6-3-7-13-23)32-16-18-33(19-17-32)29(35)26-20-24-14-8-9-15-25(24)30-26/h2-15,20-21,27,30H,16-19H2,1H3,(H,31,34). The Balaban J connectivity index is 1.22. The normalized spacial score (nSPS) is 15.3. The molecule has 1 atom stereocenters. The van der Waals surface area contributed by atoms with Crippen LogP contribution in [0, 0.1) is 0 Å². The Kier molecular flexibility index (Phi) is 6.64. The first-order valence-corrected chi connectivity index (χ1v) is 12.1. The third kappa shape index (κ3) is 4.98. The number of H-pyrrole nitrogens is 1. The second-order valence-electron chi connectivity index (χ2n) is 9.04. The number of nitrogens with one attached hydrogen (secondary N) is 2. The van der Waals surface area contributed by atoms with E-state index in [2.05, 4.69) is 15.2 Å². The third-order valence-corrected chi connectivity index (χ3v) is 6.84. The lowest BCUT2D eigenvalue weighted by atomic mass is 9.98. The monoisotopic (exact) mass is 466 g/mol. The fraction of sp³-hybridized carbons (Fsp3) is 0.241. The lowest BCUT2D eigenvalue weighted by Crippen LogP contribution is -2.55. The summed E-state index contributed by atoms with van der Waals surface area (Å²) < 4.78 is 0. The predicted octanol–water partition coefficient (Wildman–Crippen LogP) is 4.22. The molecule has 1 aromatic heterocycles. The summed E-state index contributed by atoms with van der Waals surface area (Å²) in [4.78, 5) is 33.6. The number of amides is 2. The highest BCUT2D eigenvalue weighted by atomic mass is 16.2. The SMILES string of the molecule is CC(C(=O)NC(c1ccccc1)c1ccccc1)N1CCN(C(=O)c2cc3ccccc3[nH]2)CC1. The summed E-state index contributed by atoms with van der Waals surface area (Å²) in [5, 5.41) is 4.29. The Morgan fingerprint density at radius 1 is 0.800 bits per heavy atom. The quantitative estimate of drug-likeness (QED) is 0.447. The molecular formula is C29H30N4O2. The summed E-state index contributed by atoms with van der Waals surface area (Å²) in [6.07, 6.45) is 0. The number of aromatic nitrogens is 1. The minimum absolute atomic E-state index is 0.00572. The second-order valence-corrected chi connectivity index (χ2v) is 9.04. The maximum Gasteiger partial charge on any atom is 0.270 e. The van der Waals surface area contributed by atoms with Crippen LogP contribution < -0.4 is 5.32 Å². The van der Waals surface area contributed by atoms with E-state index in [1.807, 2.05) is 103 Å². The van der Waals surface area contributed by atoms with Crippen molar-refractivity contribution in [3.05, 3.63) is 108 Å². The third-order valence-electron chi connectivity index (χ3n) is 6.84. The van der Waals surface area contributed by atoms with Gasteiger partial charge in [-0.1, -0.05) is 78.9 Å². The predicted molar refractivity (Wildman–Crippen MR) is 138 cm³/mol. The number of fused-ring (bicyclic) bond motifs is 1. The van der Waals surface area contributed by atoms with Gasteiger partial charge in [0, 0.05) is 37.1 Å². The lowest BCUT2D eigenvalue weighted by Gasteiger charge is -2.37. The smallest absolute Gasteiger partial charge is 0.270 e. The zero-order valence-electron chi connectivity index (χ0n) is 19.9. The van der Waals surface area contributed by atoms with Gasteiger partial charge in [-0.25, -0.2) is 0 Å². The summed E-state index contributed by atoms with van der Waals surface area (Å²) in [6, 6.07) is 29.4. The molecule has 2 heterocycles. The van der Waals surface area contributed by atoms with Crippen molar-refractivity contribution >= 4 is 22.7 Å². The van der Waals surface area contributed by atoms with Gasteiger partial charge in [-0.3, -0.25) is 14.5 Å². The molecule has 4 aromatic rings.